The highest BCUT2D eigenvalue weighted by molar-refractivity contribution is 8.01. The molecule has 64 valence electrons. The van der Waals surface area contributed by atoms with Gasteiger partial charge in [0, 0.05) is 8.86 Å². The van der Waals surface area contributed by atoms with E-state index in [4.69, 9.17) is 9.22 Å². The number of carboxylic acids is 1. The van der Waals surface area contributed by atoms with Crippen molar-refractivity contribution in [3.05, 3.63) is 0 Å². The number of thioether (sulfide) groups is 1. The minimum Gasteiger partial charge on any atom is -0.480 e. The monoisotopic (exact) mass is 178 g/mol. The van der Waals surface area contributed by atoms with Crippen LogP contribution in [0.3, 0.4) is 0 Å². The third-order valence-corrected chi connectivity index (χ3v) is 2.63. The molecule has 2 N–H and O–H groups in total. The summed E-state index contributed by atoms with van der Waals surface area (Å²) in [5, 5.41) is 11.4. The SMILES string of the molecule is [2H]CC1NC(C(=O)O)C(C[2H])(C[2H])S1. The first kappa shape index (κ1) is 5.43. The number of nitrogens with one attached hydrogen (secondary N) is 1. The zero-order chi connectivity index (χ0) is 10.8. The lowest BCUT2D eigenvalue weighted by Gasteiger charge is -2.20. The zero-order valence-electron chi connectivity index (χ0n) is 9.04. The van der Waals surface area contributed by atoms with Crippen LogP contribution in [0.15, 0.2) is 0 Å². The van der Waals surface area contributed by atoms with E-state index in [0.29, 0.717) is 0 Å². The maximum atomic E-state index is 10.9. The molecule has 1 saturated heterocycles. The van der Waals surface area contributed by atoms with Gasteiger partial charge in [-0.15, -0.1) is 11.8 Å². The van der Waals surface area contributed by atoms with Gasteiger partial charge in [0.2, 0.25) is 0 Å². The second-order valence-electron chi connectivity index (χ2n) is 2.61. The summed E-state index contributed by atoms with van der Waals surface area (Å²) in [7, 11) is 0. The van der Waals surface area contributed by atoms with Gasteiger partial charge in [-0.25, -0.2) is 0 Å². The predicted octanol–water partition coefficient (Wildman–Crippen LogP) is 0.901. The fraction of sp³-hybridized carbons (Fsp3) is 0.857. The summed E-state index contributed by atoms with van der Waals surface area (Å²) in [5.74, 6) is -1.03. The summed E-state index contributed by atoms with van der Waals surface area (Å²) in [6.07, 6.45) is 0. The molecule has 0 aliphatic carbocycles. The molecule has 0 aromatic carbocycles. The van der Waals surface area contributed by atoms with Gasteiger partial charge in [-0.3, -0.25) is 10.1 Å². The third-order valence-electron chi connectivity index (χ3n) is 1.50. The molecule has 0 saturated carbocycles. The van der Waals surface area contributed by atoms with E-state index in [2.05, 4.69) is 5.32 Å². The Bertz CT molecular complexity index is 225. The standard InChI is InChI=1S/C7H13NO2S/c1-4-8-5(6(9)10)7(2,3)11-4/h4-5,8H,1-3H3,(H,9,10)/i1D,2D,3D. The van der Waals surface area contributed by atoms with Crippen molar-refractivity contribution in [3.8, 4) is 0 Å². The van der Waals surface area contributed by atoms with Crippen molar-refractivity contribution in [2.75, 3.05) is 0 Å². The summed E-state index contributed by atoms with van der Waals surface area (Å²) in [5.41, 5.74) is 0. The molecule has 1 fully saturated rings. The molecule has 2 unspecified atom stereocenters. The molecule has 0 aromatic rings. The number of carboxylic acid groups (broad SMARTS) is 1. The molecule has 4 heteroatoms. The summed E-state index contributed by atoms with van der Waals surface area (Å²) in [6, 6.07) is -0.877. The van der Waals surface area contributed by atoms with Crippen LogP contribution in [0.25, 0.3) is 0 Å². The van der Waals surface area contributed by atoms with Crippen molar-refractivity contribution < 1.29 is 14.0 Å². The maximum Gasteiger partial charge on any atom is 0.322 e. The van der Waals surface area contributed by atoms with Gasteiger partial charge in [-0.05, 0) is 20.7 Å². The van der Waals surface area contributed by atoms with E-state index >= 15 is 0 Å². The molecule has 0 amide bonds. The lowest BCUT2D eigenvalue weighted by atomic mass is 10.0. The summed E-state index contributed by atoms with van der Waals surface area (Å²) >= 11 is 1.24. The molecule has 0 aromatic heterocycles. The van der Waals surface area contributed by atoms with Crippen molar-refractivity contribution in [1.82, 2.24) is 5.32 Å². The largest absolute Gasteiger partial charge is 0.480 e. The van der Waals surface area contributed by atoms with Gasteiger partial charge in [-0.1, -0.05) is 0 Å². The normalized spacial score (nSPS) is 39.1. The fourth-order valence-electron chi connectivity index (χ4n) is 1.02. The number of rotatable bonds is 1. The minimum absolute atomic E-state index is 0.0657. The number of hydrogen-bond acceptors (Lipinski definition) is 3. The van der Waals surface area contributed by atoms with E-state index in [-0.39, 0.29) is 26.1 Å². The van der Waals surface area contributed by atoms with E-state index in [1.165, 1.54) is 11.8 Å². The molecule has 0 spiro atoms. The summed E-state index contributed by atoms with van der Waals surface area (Å²) in [6.45, 7) is -0.153. The van der Waals surface area contributed by atoms with E-state index in [1.807, 2.05) is 0 Å². The van der Waals surface area contributed by atoms with Crippen molar-refractivity contribution in [2.24, 2.45) is 0 Å². The molecule has 0 radical (unpaired) electrons. The van der Waals surface area contributed by atoms with Crippen molar-refractivity contribution >= 4 is 17.7 Å². The van der Waals surface area contributed by atoms with Crippen LogP contribution in [-0.4, -0.2) is 27.2 Å². The smallest absolute Gasteiger partial charge is 0.322 e. The first-order chi connectivity index (χ1) is 6.59. The quantitative estimate of drug-likeness (QED) is 0.626. The summed E-state index contributed by atoms with van der Waals surface area (Å²) in [4.78, 5) is 10.9. The first-order valence-corrected chi connectivity index (χ1v) is 4.02. The Labute approximate surface area is 74.8 Å². The highest BCUT2D eigenvalue weighted by Gasteiger charge is 2.43. The van der Waals surface area contributed by atoms with Crippen LogP contribution in [0, 0.1) is 0 Å². The second-order valence-corrected chi connectivity index (χ2v) is 4.23. The van der Waals surface area contributed by atoms with Gasteiger partial charge in [0.05, 0.1) is 5.37 Å². The molecule has 1 heterocycles. The van der Waals surface area contributed by atoms with Crippen LogP contribution < -0.4 is 5.32 Å². The van der Waals surface area contributed by atoms with Gasteiger partial charge in [0.25, 0.3) is 0 Å². The van der Waals surface area contributed by atoms with Crippen LogP contribution in [0.4, 0.5) is 0 Å². The maximum absolute atomic E-state index is 10.9. The van der Waals surface area contributed by atoms with Crippen LogP contribution in [-0.2, 0) is 4.79 Å². The lowest BCUT2D eigenvalue weighted by molar-refractivity contribution is -0.139. The van der Waals surface area contributed by atoms with Gasteiger partial charge >= 0.3 is 5.97 Å². The number of hydrogen-bond donors (Lipinski definition) is 2. The molecule has 1 aliphatic rings. The van der Waals surface area contributed by atoms with Crippen LogP contribution in [0.2, 0.25) is 0 Å². The van der Waals surface area contributed by atoms with Gasteiger partial charge < -0.3 is 5.11 Å². The molecule has 1 aliphatic heterocycles. The van der Waals surface area contributed by atoms with E-state index in [9.17, 15) is 4.79 Å². The Morgan fingerprint density at radius 1 is 1.82 bits per heavy atom. The Morgan fingerprint density at radius 2 is 2.55 bits per heavy atom. The van der Waals surface area contributed by atoms with Crippen LogP contribution in [0.1, 0.15) is 24.8 Å². The Morgan fingerprint density at radius 3 is 2.91 bits per heavy atom. The van der Waals surface area contributed by atoms with Crippen LogP contribution in [0.5, 0.6) is 0 Å². The Hall–Kier alpha value is -0.220. The lowest BCUT2D eigenvalue weighted by Crippen LogP contribution is -2.44. The molecule has 0 bridgehead atoms. The average Bonchev–Trinajstić information content (AvgIpc) is 2.57. The molecular formula is C7H13NO2S. The second kappa shape index (κ2) is 2.68. The highest BCUT2D eigenvalue weighted by atomic mass is 32.2. The molecule has 3 nitrogen and oxygen atoms in total. The van der Waals surface area contributed by atoms with E-state index < -0.39 is 16.8 Å². The topological polar surface area (TPSA) is 49.3 Å². The van der Waals surface area contributed by atoms with E-state index in [1.54, 1.807) is 0 Å². The van der Waals surface area contributed by atoms with Crippen molar-refractivity contribution in [1.29, 1.82) is 0 Å². The third kappa shape index (κ3) is 1.68. The first-order valence-electron chi connectivity index (χ1n) is 5.26. The average molecular weight is 178 g/mol. The fourth-order valence-corrected chi connectivity index (χ4v) is 2.10. The molecule has 2 atom stereocenters. The Kier molecular flexibility index (Phi) is 1.32. The van der Waals surface area contributed by atoms with Crippen LogP contribution >= 0.6 is 11.8 Å². The number of aliphatic carboxylic acids is 1. The van der Waals surface area contributed by atoms with E-state index in [0.717, 1.165) is 0 Å². The summed E-state index contributed by atoms with van der Waals surface area (Å²) < 4.78 is 20.9. The molecular weight excluding hydrogens is 162 g/mol. The minimum atomic E-state index is -1.03. The van der Waals surface area contributed by atoms with Crippen molar-refractivity contribution in [3.63, 3.8) is 0 Å². The predicted molar refractivity (Wildman–Crippen MR) is 45.7 cm³/mol. The highest BCUT2D eigenvalue weighted by Crippen LogP contribution is 2.37. The molecule has 1 rings (SSSR count). The van der Waals surface area contributed by atoms with Crippen molar-refractivity contribution in [2.45, 2.75) is 36.9 Å². The van der Waals surface area contributed by atoms with Gasteiger partial charge in [-0.2, -0.15) is 0 Å². The molecule has 11 heavy (non-hydrogen) atoms. The van der Waals surface area contributed by atoms with Gasteiger partial charge in [0.15, 0.2) is 0 Å². The Balaban J connectivity index is 2.85. The number of carbonyl (C=O) groups is 1. The van der Waals surface area contributed by atoms with Gasteiger partial charge in [0.1, 0.15) is 6.04 Å². The zero-order valence-corrected chi connectivity index (χ0v) is 6.86.